The zero-order valence-corrected chi connectivity index (χ0v) is 15.6. The van der Waals surface area contributed by atoms with Gasteiger partial charge in [0.2, 0.25) is 0 Å². The highest BCUT2D eigenvalue weighted by Gasteiger charge is 2.34. The van der Waals surface area contributed by atoms with Crippen LogP contribution < -0.4 is 4.31 Å². The van der Waals surface area contributed by atoms with Crippen LogP contribution in [0, 0.1) is 0 Å². The molecule has 0 unspecified atom stereocenters. The van der Waals surface area contributed by atoms with Gasteiger partial charge in [0.1, 0.15) is 16.3 Å². The highest BCUT2D eigenvalue weighted by Crippen LogP contribution is 2.40. The fraction of sp³-hybridized carbons (Fsp3) is 0.0526. The van der Waals surface area contributed by atoms with Crippen molar-refractivity contribution < 1.29 is 8.42 Å². The average Bonchev–Trinajstić information content (AvgIpc) is 3.23. The lowest BCUT2D eigenvalue weighted by atomic mass is 10.1. The molecule has 0 saturated carbocycles. The van der Waals surface area contributed by atoms with E-state index in [9.17, 15) is 8.42 Å². The topological polar surface area (TPSA) is 93.9 Å². The van der Waals surface area contributed by atoms with Crippen LogP contribution in [0.25, 0.3) is 28.3 Å². The summed E-state index contributed by atoms with van der Waals surface area (Å²) in [7, 11) is -2.12. The molecule has 138 valence electrons. The van der Waals surface area contributed by atoms with Gasteiger partial charge in [-0.15, -0.1) is 0 Å². The number of hydrogen-bond acceptors (Lipinski definition) is 6. The zero-order chi connectivity index (χ0) is 19.3. The Morgan fingerprint density at radius 2 is 1.82 bits per heavy atom. The zero-order valence-electron chi connectivity index (χ0n) is 14.8. The van der Waals surface area contributed by atoms with Crippen LogP contribution >= 0.6 is 0 Å². The third kappa shape index (κ3) is 2.40. The second kappa shape index (κ2) is 5.96. The number of sulfonamides is 1. The molecule has 0 aliphatic carbocycles. The fourth-order valence-electron chi connectivity index (χ4n) is 3.18. The minimum atomic E-state index is -3.64. The molecule has 0 radical (unpaired) electrons. The molecule has 0 atom stereocenters. The van der Waals surface area contributed by atoms with Crippen LogP contribution in [0.15, 0.2) is 72.3 Å². The van der Waals surface area contributed by atoms with Gasteiger partial charge in [0.15, 0.2) is 0 Å². The molecule has 4 aromatic rings. The maximum absolute atomic E-state index is 12.7. The van der Waals surface area contributed by atoms with Crippen molar-refractivity contribution in [2.24, 2.45) is 0 Å². The summed E-state index contributed by atoms with van der Waals surface area (Å²) in [5.74, 6) is 0. The first-order valence-electron chi connectivity index (χ1n) is 8.46. The smallest absolute Gasteiger partial charge is 0.266 e. The molecule has 0 N–H and O–H groups in total. The number of fused-ring (bicyclic) bond motifs is 3. The number of rotatable bonds is 2. The van der Waals surface area contributed by atoms with Crippen molar-refractivity contribution in [2.45, 2.75) is 4.90 Å². The Kier molecular flexibility index (Phi) is 3.53. The molecule has 5 heterocycles. The lowest BCUT2D eigenvalue weighted by molar-refractivity contribution is 0.593. The summed E-state index contributed by atoms with van der Waals surface area (Å²) < 4.78 is 28.4. The molecule has 8 nitrogen and oxygen atoms in total. The van der Waals surface area contributed by atoms with Gasteiger partial charge in [0.25, 0.3) is 10.0 Å². The molecule has 0 fully saturated rings. The van der Waals surface area contributed by atoms with E-state index >= 15 is 0 Å². The normalized spacial score (nSPS) is 14.4. The molecule has 0 aromatic carbocycles. The standard InChI is InChI=1S/C19H14N6O2S/c1-24-16-7-6-15(13-10-22-25(12-13)14-4-2-8-20-11-14)23-18(16)19-17(28(24,26)27)5-3-9-21-19/h2-12H,1H3. The van der Waals surface area contributed by atoms with Crippen LogP contribution in [0.2, 0.25) is 0 Å². The van der Waals surface area contributed by atoms with Crippen LogP contribution in [0.4, 0.5) is 5.69 Å². The maximum atomic E-state index is 12.7. The Bertz CT molecular complexity index is 1300. The first kappa shape index (κ1) is 16.6. The largest absolute Gasteiger partial charge is 0.267 e. The summed E-state index contributed by atoms with van der Waals surface area (Å²) >= 11 is 0. The van der Waals surface area contributed by atoms with Gasteiger partial charge in [-0.25, -0.2) is 18.1 Å². The van der Waals surface area contributed by atoms with Crippen molar-refractivity contribution in [3.05, 3.63) is 67.4 Å². The molecule has 5 rings (SSSR count). The van der Waals surface area contributed by atoms with Crippen LogP contribution in [-0.2, 0) is 10.0 Å². The van der Waals surface area contributed by atoms with E-state index in [2.05, 4.69) is 15.1 Å². The summed E-state index contributed by atoms with van der Waals surface area (Å²) in [5.41, 5.74) is 3.70. The SMILES string of the molecule is CN1c2ccc(-c3cnn(-c4cccnc4)c3)nc2-c2ncccc2S1(=O)=O. The Balaban J connectivity index is 1.64. The molecule has 9 heteroatoms. The molecular formula is C19H14N6O2S. The molecule has 4 aromatic heterocycles. The summed E-state index contributed by atoms with van der Waals surface area (Å²) in [5, 5.41) is 4.37. The van der Waals surface area contributed by atoms with Crippen molar-refractivity contribution in [3.8, 4) is 28.3 Å². The van der Waals surface area contributed by atoms with E-state index in [1.165, 1.54) is 11.4 Å². The molecule has 0 spiro atoms. The van der Waals surface area contributed by atoms with Gasteiger partial charge in [-0.1, -0.05) is 0 Å². The van der Waals surface area contributed by atoms with Gasteiger partial charge in [0, 0.05) is 31.2 Å². The maximum Gasteiger partial charge on any atom is 0.266 e. The van der Waals surface area contributed by atoms with Crippen molar-refractivity contribution in [3.63, 3.8) is 0 Å². The highest BCUT2D eigenvalue weighted by atomic mass is 32.2. The number of pyridine rings is 3. The van der Waals surface area contributed by atoms with Crippen molar-refractivity contribution in [2.75, 3.05) is 11.4 Å². The van der Waals surface area contributed by atoms with Crippen LogP contribution in [0.5, 0.6) is 0 Å². The van der Waals surface area contributed by atoms with E-state index in [0.717, 1.165) is 11.3 Å². The summed E-state index contributed by atoms with van der Waals surface area (Å²) in [6.07, 6.45) is 8.56. The predicted octanol–water partition coefficient (Wildman–Crippen LogP) is 2.53. The van der Waals surface area contributed by atoms with E-state index < -0.39 is 10.0 Å². The quantitative estimate of drug-likeness (QED) is 0.522. The van der Waals surface area contributed by atoms with Crippen LogP contribution in [0.1, 0.15) is 0 Å². The average molecular weight is 390 g/mol. The number of aromatic nitrogens is 5. The Hall–Kier alpha value is -3.59. The molecule has 28 heavy (non-hydrogen) atoms. The molecular weight excluding hydrogens is 376 g/mol. The number of nitrogens with zero attached hydrogens (tertiary/aromatic N) is 6. The molecule has 0 saturated heterocycles. The third-order valence-electron chi connectivity index (χ3n) is 4.64. The highest BCUT2D eigenvalue weighted by molar-refractivity contribution is 7.93. The first-order valence-corrected chi connectivity index (χ1v) is 9.90. The van der Waals surface area contributed by atoms with Gasteiger partial charge in [-0.2, -0.15) is 5.10 Å². The third-order valence-corrected chi connectivity index (χ3v) is 6.44. The molecule has 1 aliphatic heterocycles. The van der Waals surface area contributed by atoms with E-state index in [0.29, 0.717) is 22.8 Å². The van der Waals surface area contributed by atoms with Gasteiger partial charge >= 0.3 is 0 Å². The van der Waals surface area contributed by atoms with Gasteiger partial charge < -0.3 is 0 Å². The Morgan fingerprint density at radius 3 is 2.64 bits per heavy atom. The summed E-state index contributed by atoms with van der Waals surface area (Å²) in [6.45, 7) is 0. The van der Waals surface area contributed by atoms with Crippen LogP contribution in [-0.4, -0.2) is 40.2 Å². The number of hydrogen-bond donors (Lipinski definition) is 0. The lowest BCUT2D eigenvalue weighted by Crippen LogP contribution is -2.31. The minimum Gasteiger partial charge on any atom is -0.267 e. The second-order valence-electron chi connectivity index (χ2n) is 6.27. The minimum absolute atomic E-state index is 0.153. The van der Waals surface area contributed by atoms with E-state index in [4.69, 9.17) is 4.98 Å². The Labute approximate surface area is 161 Å². The molecule has 0 amide bonds. The Morgan fingerprint density at radius 1 is 0.964 bits per heavy atom. The van der Waals surface area contributed by atoms with Gasteiger partial charge in [0.05, 0.1) is 29.5 Å². The molecule has 0 bridgehead atoms. The lowest BCUT2D eigenvalue weighted by Gasteiger charge is -2.27. The number of anilines is 1. The van der Waals surface area contributed by atoms with E-state index in [-0.39, 0.29) is 4.90 Å². The van der Waals surface area contributed by atoms with Gasteiger partial charge in [-0.05, 0) is 36.4 Å². The van der Waals surface area contributed by atoms with Crippen LogP contribution in [0.3, 0.4) is 0 Å². The van der Waals surface area contributed by atoms with Crippen molar-refractivity contribution in [1.29, 1.82) is 0 Å². The van der Waals surface area contributed by atoms with E-state index in [1.807, 2.05) is 18.3 Å². The van der Waals surface area contributed by atoms with Gasteiger partial charge in [-0.3, -0.25) is 14.3 Å². The van der Waals surface area contributed by atoms with Crippen molar-refractivity contribution in [1.82, 2.24) is 24.7 Å². The fourth-order valence-corrected chi connectivity index (χ4v) is 4.53. The first-order chi connectivity index (χ1) is 13.6. The van der Waals surface area contributed by atoms with E-state index in [1.54, 1.807) is 53.7 Å². The van der Waals surface area contributed by atoms with Crippen molar-refractivity contribution >= 4 is 15.7 Å². The predicted molar refractivity (Wildman–Crippen MR) is 103 cm³/mol. The summed E-state index contributed by atoms with van der Waals surface area (Å²) in [6, 6.07) is 10.4. The monoisotopic (exact) mass is 390 g/mol. The molecule has 1 aliphatic rings. The summed E-state index contributed by atoms with van der Waals surface area (Å²) in [4.78, 5) is 13.2. The second-order valence-corrected chi connectivity index (χ2v) is 8.21.